The molecule has 0 aliphatic heterocycles. The van der Waals surface area contributed by atoms with Gasteiger partial charge < -0.3 is 4.74 Å². The van der Waals surface area contributed by atoms with Crippen LogP contribution in [0.1, 0.15) is 13.8 Å². The highest BCUT2D eigenvalue weighted by molar-refractivity contribution is 7.88. The van der Waals surface area contributed by atoms with Crippen LogP contribution >= 0.6 is 0 Å². The molecule has 0 unspecified atom stereocenters. The molecule has 0 fully saturated rings. The zero-order chi connectivity index (χ0) is 11.2. The number of nitriles is 1. The van der Waals surface area contributed by atoms with Crippen LogP contribution in [0.3, 0.4) is 0 Å². The molecule has 0 saturated heterocycles. The first-order valence-corrected chi connectivity index (χ1v) is 5.20. The maximum Gasteiger partial charge on any atom is 0.422 e. The molecule has 0 radical (unpaired) electrons. The van der Waals surface area contributed by atoms with Crippen LogP contribution in [-0.2, 0) is 14.9 Å². The lowest BCUT2D eigenvalue weighted by atomic mass is 10.5. The Hall–Kier alpha value is -1.33. The molecule has 0 rings (SSSR count). The molecule has 0 aromatic rings. The van der Waals surface area contributed by atoms with Gasteiger partial charge in [-0.15, -0.1) is 0 Å². The second kappa shape index (κ2) is 5.41. The lowest BCUT2D eigenvalue weighted by molar-refractivity contribution is 0.121. The van der Waals surface area contributed by atoms with E-state index in [1.54, 1.807) is 24.6 Å². The fourth-order valence-corrected chi connectivity index (χ4v) is 1.11. The Bertz CT molecular complexity index is 329. The summed E-state index contributed by atoms with van der Waals surface area (Å²) in [5, 5.41) is 8.09. The van der Waals surface area contributed by atoms with Gasteiger partial charge in [-0.3, -0.25) is 0 Å². The van der Waals surface area contributed by atoms with Crippen LogP contribution in [0.25, 0.3) is 0 Å². The van der Waals surface area contributed by atoms with Gasteiger partial charge in [0.1, 0.15) is 0 Å². The average molecular weight is 221 g/mol. The third kappa shape index (κ3) is 6.22. The van der Waals surface area contributed by atoms with Crippen molar-refractivity contribution in [2.45, 2.75) is 20.0 Å². The van der Waals surface area contributed by atoms with Gasteiger partial charge in [-0.25, -0.2) is 9.52 Å². The molecule has 0 aliphatic rings. The minimum absolute atomic E-state index is 0.412. The molecule has 0 atom stereocenters. The molecule has 0 bridgehead atoms. The van der Waals surface area contributed by atoms with E-state index >= 15 is 0 Å². The summed E-state index contributed by atoms with van der Waals surface area (Å²) in [6.45, 7) is 2.74. The van der Waals surface area contributed by atoms with Gasteiger partial charge >= 0.3 is 16.3 Å². The third-order valence-electron chi connectivity index (χ3n) is 0.902. The number of hydrogen-bond donors (Lipinski definition) is 2. The third-order valence-corrected chi connectivity index (χ3v) is 1.86. The second-order valence-corrected chi connectivity index (χ2v) is 4.04. The topological polar surface area (TPSA) is 108 Å². The largest absolute Gasteiger partial charge is 0.446 e. The standard InChI is InChI=1S/C6H11N3O4S/c1-5(2)13-6(10)9-14(11,12)8-4-3-7/h5,8H,4H2,1-2H3,(H,9,10). The van der Waals surface area contributed by atoms with Crippen LogP contribution in [0, 0.1) is 11.3 Å². The number of carbonyl (C=O) groups is 1. The SMILES string of the molecule is CC(C)OC(=O)NS(=O)(=O)NCC#N. The highest BCUT2D eigenvalue weighted by atomic mass is 32.2. The Morgan fingerprint density at radius 1 is 1.57 bits per heavy atom. The van der Waals surface area contributed by atoms with Gasteiger partial charge in [-0.2, -0.15) is 18.4 Å². The van der Waals surface area contributed by atoms with Crippen LogP contribution in [0.4, 0.5) is 4.79 Å². The monoisotopic (exact) mass is 221 g/mol. The number of nitrogens with one attached hydrogen (secondary N) is 2. The molecule has 14 heavy (non-hydrogen) atoms. The number of amides is 1. The molecule has 0 aromatic carbocycles. The van der Waals surface area contributed by atoms with E-state index in [4.69, 9.17) is 5.26 Å². The van der Waals surface area contributed by atoms with E-state index in [2.05, 4.69) is 4.74 Å². The molecule has 80 valence electrons. The molecule has 0 aliphatic carbocycles. The summed E-state index contributed by atoms with van der Waals surface area (Å²) in [6.07, 6.45) is -1.49. The summed E-state index contributed by atoms with van der Waals surface area (Å²) < 4.78 is 29.7. The van der Waals surface area contributed by atoms with Gasteiger partial charge in [-0.05, 0) is 13.8 Å². The summed E-state index contributed by atoms with van der Waals surface area (Å²) in [4.78, 5) is 10.8. The first kappa shape index (κ1) is 12.7. The number of carbonyl (C=O) groups excluding carboxylic acids is 1. The van der Waals surface area contributed by atoms with Crippen LogP contribution in [-0.4, -0.2) is 27.2 Å². The smallest absolute Gasteiger partial charge is 0.422 e. The van der Waals surface area contributed by atoms with Gasteiger partial charge in [-0.1, -0.05) is 0 Å². The molecular formula is C6H11N3O4S. The number of hydrogen-bond acceptors (Lipinski definition) is 5. The molecule has 0 heterocycles. The Morgan fingerprint density at radius 2 is 2.14 bits per heavy atom. The van der Waals surface area contributed by atoms with Crippen molar-refractivity contribution in [1.29, 1.82) is 5.26 Å². The van der Waals surface area contributed by atoms with Gasteiger partial charge in [0.15, 0.2) is 0 Å². The molecule has 2 N–H and O–H groups in total. The van der Waals surface area contributed by atoms with Crippen molar-refractivity contribution >= 4 is 16.3 Å². The summed E-state index contributed by atoms with van der Waals surface area (Å²) >= 11 is 0. The van der Waals surface area contributed by atoms with Gasteiger partial charge in [0.05, 0.1) is 18.7 Å². The Labute approximate surface area is 82.2 Å². The second-order valence-electron chi connectivity index (χ2n) is 2.54. The van der Waals surface area contributed by atoms with Crippen LogP contribution < -0.4 is 9.44 Å². The van der Waals surface area contributed by atoms with Crippen LogP contribution in [0.5, 0.6) is 0 Å². The van der Waals surface area contributed by atoms with Crippen molar-refractivity contribution in [3.8, 4) is 6.07 Å². The first-order valence-electron chi connectivity index (χ1n) is 3.72. The number of ether oxygens (including phenoxy) is 1. The summed E-state index contributed by atoms with van der Waals surface area (Å²) in [5.74, 6) is 0. The van der Waals surface area contributed by atoms with E-state index in [1.165, 1.54) is 0 Å². The van der Waals surface area contributed by atoms with Crippen molar-refractivity contribution in [1.82, 2.24) is 9.44 Å². The zero-order valence-electron chi connectivity index (χ0n) is 7.77. The van der Waals surface area contributed by atoms with Crippen molar-refractivity contribution in [2.75, 3.05) is 6.54 Å². The quantitative estimate of drug-likeness (QED) is 0.621. The average Bonchev–Trinajstić information content (AvgIpc) is 1.98. The van der Waals surface area contributed by atoms with E-state index in [9.17, 15) is 13.2 Å². The maximum atomic E-state index is 10.9. The van der Waals surface area contributed by atoms with Gasteiger partial charge in [0.2, 0.25) is 0 Å². The fourth-order valence-electron chi connectivity index (χ4n) is 0.511. The lowest BCUT2D eigenvalue weighted by Crippen LogP contribution is -2.41. The zero-order valence-corrected chi connectivity index (χ0v) is 8.59. The van der Waals surface area contributed by atoms with E-state index in [1.807, 2.05) is 4.72 Å². The fraction of sp³-hybridized carbons (Fsp3) is 0.667. The van der Waals surface area contributed by atoms with Crippen LogP contribution in [0.15, 0.2) is 0 Å². The van der Waals surface area contributed by atoms with Crippen molar-refractivity contribution < 1.29 is 17.9 Å². The van der Waals surface area contributed by atoms with Crippen LogP contribution in [0.2, 0.25) is 0 Å². The summed E-state index contributed by atoms with van der Waals surface area (Å²) in [7, 11) is -3.99. The van der Waals surface area contributed by atoms with E-state index in [0.717, 1.165) is 0 Å². The van der Waals surface area contributed by atoms with E-state index < -0.39 is 29.0 Å². The first-order chi connectivity index (χ1) is 6.37. The summed E-state index contributed by atoms with van der Waals surface area (Å²) in [5.41, 5.74) is 0. The van der Waals surface area contributed by atoms with E-state index in [0.29, 0.717) is 0 Å². The maximum absolute atomic E-state index is 10.9. The molecule has 0 saturated carbocycles. The minimum Gasteiger partial charge on any atom is -0.446 e. The van der Waals surface area contributed by atoms with Gasteiger partial charge in [0.25, 0.3) is 0 Å². The number of rotatable bonds is 4. The Morgan fingerprint density at radius 3 is 2.57 bits per heavy atom. The highest BCUT2D eigenvalue weighted by Gasteiger charge is 2.14. The highest BCUT2D eigenvalue weighted by Crippen LogP contribution is 1.89. The van der Waals surface area contributed by atoms with Crippen molar-refractivity contribution in [2.24, 2.45) is 0 Å². The molecule has 7 nitrogen and oxygen atoms in total. The van der Waals surface area contributed by atoms with E-state index in [-0.39, 0.29) is 0 Å². The predicted molar refractivity (Wildman–Crippen MR) is 47.3 cm³/mol. The predicted octanol–water partition coefficient (Wildman–Crippen LogP) is -0.521. The number of nitrogens with zero attached hydrogens (tertiary/aromatic N) is 1. The Kier molecular flexibility index (Phi) is 4.90. The van der Waals surface area contributed by atoms with Crippen molar-refractivity contribution in [3.05, 3.63) is 0 Å². The van der Waals surface area contributed by atoms with Gasteiger partial charge in [0, 0.05) is 0 Å². The van der Waals surface area contributed by atoms with Crippen molar-refractivity contribution in [3.63, 3.8) is 0 Å². The minimum atomic E-state index is -3.99. The Balaban J connectivity index is 4.11. The molecule has 1 amide bonds. The molecular weight excluding hydrogens is 210 g/mol. The summed E-state index contributed by atoms with van der Waals surface area (Å²) in [6, 6.07) is 1.56. The molecule has 0 aromatic heterocycles. The normalized spacial score (nSPS) is 10.7. The lowest BCUT2D eigenvalue weighted by Gasteiger charge is -2.09. The molecule has 0 spiro atoms. The molecule has 8 heteroatoms.